The second-order valence-electron chi connectivity index (χ2n) is 7.52. The molecule has 0 bridgehead atoms. The summed E-state index contributed by atoms with van der Waals surface area (Å²) in [6.07, 6.45) is 4.63. The van der Waals surface area contributed by atoms with E-state index in [0.29, 0.717) is 42.6 Å². The molecule has 1 atom stereocenters. The van der Waals surface area contributed by atoms with Gasteiger partial charge < -0.3 is 14.8 Å². The van der Waals surface area contributed by atoms with E-state index in [1.807, 2.05) is 13.8 Å². The van der Waals surface area contributed by atoms with E-state index in [1.54, 1.807) is 18.2 Å². The van der Waals surface area contributed by atoms with Gasteiger partial charge in [-0.3, -0.25) is 4.79 Å². The van der Waals surface area contributed by atoms with Gasteiger partial charge in [-0.05, 0) is 43.9 Å². The Kier molecular flexibility index (Phi) is 9.88. The number of unbranched alkanes of at least 4 members (excludes halogenated alkanes) is 2. The van der Waals surface area contributed by atoms with Crippen LogP contribution in [-0.2, 0) is 9.53 Å². The average molecular weight is 375 g/mol. The maximum atomic E-state index is 12.9. The lowest BCUT2D eigenvalue weighted by Crippen LogP contribution is -2.43. The number of ether oxygens (including phenoxy) is 2. The van der Waals surface area contributed by atoms with Gasteiger partial charge in [-0.1, -0.05) is 47.0 Å². The van der Waals surface area contributed by atoms with Crippen molar-refractivity contribution in [2.45, 2.75) is 72.3 Å². The number of nitrogens with zero attached hydrogens (tertiary/aromatic N) is 1. The van der Waals surface area contributed by atoms with Crippen LogP contribution in [0.4, 0.5) is 5.69 Å². The van der Waals surface area contributed by atoms with Gasteiger partial charge in [-0.2, -0.15) is 5.26 Å². The van der Waals surface area contributed by atoms with Crippen LogP contribution < -0.4 is 10.1 Å². The highest BCUT2D eigenvalue weighted by Gasteiger charge is 2.33. The molecule has 0 heterocycles. The van der Waals surface area contributed by atoms with E-state index in [9.17, 15) is 10.1 Å². The molecule has 1 N–H and O–H groups in total. The molecular weight excluding hydrogens is 340 g/mol. The topological polar surface area (TPSA) is 71.3 Å². The van der Waals surface area contributed by atoms with Crippen LogP contribution in [0.1, 0.15) is 72.3 Å². The first kappa shape index (κ1) is 23.0. The molecule has 150 valence electrons. The molecule has 0 aliphatic carbocycles. The summed E-state index contributed by atoms with van der Waals surface area (Å²) in [5.41, 5.74) is 0.121. The number of rotatable bonds is 12. The standard InChI is InChI=1S/C22H34N2O3/c1-6-8-9-12-22(5,27-13-7-2)21(25)24-19-10-11-20(18(14-19)15-23)26-16-17(3)4/h10-11,14,17H,6-9,12-13,16H2,1-5H3,(H,24,25)/t22-/m0/s1. The normalized spacial score (nSPS) is 13.1. The van der Waals surface area contributed by atoms with Crippen molar-refractivity contribution < 1.29 is 14.3 Å². The van der Waals surface area contributed by atoms with Crippen molar-refractivity contribution in [2.24, 2.45) is 5.92 Å². The van der Waals surface area contributed by atoms with E-state index in [2.05, 4.69) is 32.2 Å². The number of hydrogen-bond acceptors (Lipinski definition) is 4. The fraction of sp³-hybridized carbons (Fsp3) is 0.636. The molecule has 1 aromatic rings. The highest BCUT2D eigenvalue weighted by atomic mass is 16.5. The van der Waals surface area contributed by atoms with Gasteiger partial charge in [-0.25, -0.2) is 0 Å². The molecule has 0 fully saturated rings. The van der Waals surface area contributed by atoms with Crippen molar-refractivity contribution >= 4 is 11.6 Å². The Morgan fingerprint density at radius 3 is 2.59 bits per heavy atom. The van der Waals surface area contributed by atoms with Gasteiger partial charge in [0.15, 0.2) is 0 Å². The molecule has 5 heteroatoms. The Bertz CT molecular complexity index is 637. The molecule has 0 aliphatic heterocycles. The molecule has 0 unspecified atom stereocenters. The molecule has 5 nitrogen and oxygen atoms in total. The second kappa shape index (κ2) is 11.6. The van der Waals surface area contributed by atoms with Gasteiger partial charge in [0, 0.05) is 12.3 Å². The fourth-order valence-electron chi connectivity index (χ4n) is 2.63. The third kappa shape index (κ3) is 7.60. The molecule has 0 spiro atoms. The summed E-state index contributed by atoms with van der Waals surface area (Å²) in [5.74, 6) is 0.736. The molecule has 0 saturated carbocycles. The van der Waals surface area contributed by atoms with E-state index in [1.165, 1.54) is 0 Å². The molecular formula is C22H34N2O3. The zero-order chi connectivity index (χ0) is 20.3. The third-order valence-corrected chi connectivity index (χ3v) is 4.29. The van der Waals surface area contributed by atoms with Gasteiger partial charge in [0.1, 0.15) is 17.4 Å². The first-order chi connectivity index (χ1) is 12.9. The van der Waals surface area contributed by atoms with Crippen LogP contribution in [0.15, 0.2) is 18.2 Å². The average Bonchev–Trinajstić information content (AvgIpc) is 2.65. The molecule has 0 saturated heterocycles. The summed E-state index contributed by atoms with van der Waals surface area (Å²) in [4.78, 5) is 12.9. The maximum Gasteiger partial charge on any atom is 0.256 e. The number of amides is 1. The first-order valence-electron chi connectivity index (χ1n) is 9.98. The van der Waals surface area contributed by atoms with E-state index >= 15 is 0 Å². The zero-order valence-electron chi connectivity index (χ0n) is 17.4. The zero-order valence-corrected chi connectivity index (χ0v) is 17.4. The first-order valence-corrected chi connectivity index (χ1v) is 9.98. The third-order valence-electron chi connectivity index (χ3n) is 4.29. The maximum absolute atomic E-state index is 12.9. The summed E-state index contributed by atoms with van der Waals surface area (Å²) in [6.45, 7) is 11.2. The molecule has 0 aromatic heterocycles. The number of carbonyl (C=O) groups excluding carboxylic acids is 1. The highest BCUT2D eigenvalue weighted by Crippen LogP contribution is 2.26. The van der Waals surface area contributed by atoms with Crippen LogP contribution >= 0.6 is 0 Å². The van der Waals surface area contributed by atoms with Gasteiger partial charge in [-0.15, -0.1) is 0 Å². The van der Waals surface area contributed by atoms with Gasteiger partial charge in [0.05, 0.1) is 12.2 Å². The number of hydrogen-bond donors (Lipinski definition) is 1. The molecule has 27 heavy (non-hydrogen) atoms. The molecule has 1 rings (SSSR count). The van der Waals surface area contributed by atoms with Gasteiger partial charge >= 0.3 is 0 Å². The SMILES string of the molecule is CCCCC[C@](C)(OCCC)C(=O)Nc1ccc(OCC(C)C)c(C#N)c1. The highest BCUT2D eigenvalue weighted by molar-refractivity contribution is 5.97. The minimum atomic E-state index is -0.870. The van der Waals surface area contributed by atoms with Crippen molar-refractivity contribution in [3.05, 3.63) is 23.8 Å². The molecule has 1 aromatic carbocycles. The summed E-state index contributed by atoms with van der Waals surface area (Å²) in [5, 5.41) is 12.3. The van der Waals surface area contributed by atoms with E-state index in [-0.39, 0.29) is 5.91 Å². The number of nitriles is 1. The predicted octanol–water partition coefficient (Wildman–Crippen LogP) is 5.30. The van der Waals surface area contributed by atoms with Gasteiger partial charge in [0.25, 0.3) is 5.91 Å². The smallest absolute Gasteiger partial charge is 0.256 e. The van der Waals surface area contributed by atoms with Crippen LogP contribution in [0, 0.1) is 17.2 Å². The summed E-state index contributed by atoms with van der Waals surface area (Å²) >= 11 is 0. The fourth-order valence-corrected chi connectivity index (χ4v) is 2.63. The van der Waals surface area contributed by atoms with Crippen LogP contribution in [0.5, 0.6) is 5.75 Å². The number of nitrogens with one attached hydrogen (secondary N) is 1. The van der Waals surface area contributed by atoms with Gasteiger partial charge in [0.2, 0.25) is 0 Å². The minimum Gasteiger partial charge on any atom is -0.492 e. The van der Waals surface area contributed by atoms with E-state index in [4.69, 9.17) is 9.47 Å². The lowest BCUT2D eigenvalue weighted by molar-refractivity contribution is -0.140. The van der Waals surface area contributed by atoms with E-state index < -0.39 is 5.60 Å². The Balaban J connectivity index is 2.89. The van der Waals surface area contributed by atoms with Crippen LogP contribution in [0.2, 0.25) is 0 Å². The number of benzene rings is 1. The van der Waals surface area contributed by atoms with Crippen molar-refractivity contribution in [1.29, 1.82) is 5.26 Å². The lowest BCUT2D eigenvalue weighted by atomic mass is 9.96. The van der Waals surface area contributed by atoms with Crippen molar-refractivity contribution in [3.8, 4) is 11.8 Å². The van der Waals surface area contributed by atoms with E-state index in [0.717, 1.165) is 25.7 Å². The van der Waals surface area contributed by atoms with Crippen LogP contribution in [0.25, 0.3) is 0 Å². The largest absolute Gasteiger partial charge is 0.492 e. The molecule has 0 aliphatic rings. The van der Waals surface area contributed by atoms with Crippen molar-refractivity contribution in [3.63, 3.8) is 0 Å². The van der Waals surface area contributed by atoms with Crippen molar-refractivity contribution in [2.75, 3.05) is 18.5 Å². The van der Waals surface area contributed by atoms with Crippen molar-refractivity contribution in [1.82, 2.24) is 0 Å². The number of anilines is 1. The van der Waals surface area contributed by atoms with Crippen LogP contribution in [0.3, 0.4) is 0 Å². The number of carbonyl (C=O) groups is 1. The lowest BCUT2D eigenvalue weighted by Gasteiger charge is -2.29. The van der Waals surface area contributed by atoms with Crippen LogP contribution in [-0.4, -0.2) is 24.7 Å². The Hall–Kier alpha value is -2.06. The molecule has 1 amide bonds. The summed E-state index contributed by atoms with van der Waals surface area (Å²) < 4.78 is 11.6. The summed E-state index contributed by atoms with van der Waals surface area (Å²) in [7, 11) is 0. The second-order valence-corrected chi connectivity index (χ2v) is 7.52. The quantitative estimate of drug-likeness (QED) is 0.504. The molecule has 0 radical (unpaired) electrons. The predicted molar refractivity (Wildman–Crippen MR) is 109 cm³/mol. The Morgan fingerprint density at radius 2 is 2.00 bits per heavy atom. The Labute approximate surface area is 164 Å². The summed E-state index contributed by atoms with van der Waals surface area (Å²) in [6, 6.07) is 7.29. The minimum absolute atomic E-state index is 0.174. The monoisotopic (exact) mass is 374 g/mol. The Morgan fingerprint density at radius 1 is 1.26 bits per heavy atom.